The molecule has 1 heterocycles. The highest BCUT2D eigenvalue weighted by molar-refractivity contribution is 5.43. The first-order valence-corrected chi connectivity index (χ1v) is 6.66. The van der Waals surface area contributed by atoms with E-state index in [0.717, 1.165) is 5.56 Å². The van der Waals surface area contributed by atoms with E-state index in [1.807, 2.05) is 24.1 Å². The topological polar surface area (TPSA) is 28.2 Å². The fourth-order valence-corrected chi connectivity index (χ4v) is 2.22. The van der Waals surface area contributed by atoms with Crippen molar-refractivity contribution >= 4 is 5.82 Å². The summed E-state index contributed by atoms with van der Waals surface area (Å²) in [5, 5.41) is 2.96. The van der Waals surface area contributed by atoms with Gasteiger partial charge in [0.2, 0.25) is 0 Å². The first-order valence-electron chi connectivity index (χ1n) is 6.66. The Morgan fingerprint density at radius 3 is 2.80 bits per heavy atom. The average Bonchev–Trinajstić information content (AvgIpc) is 2.41. The molecule has 2 aromatic rings. The molecule has 3 nitrogen and oxygen atoms in total. The zero-order chi connectivity index (χ0) is 14.5. The molecule has 106 valence electrons. The first kappa shape index (κ1) is 14.5. The highest BCUT2D eigenvalue weighted by Crippen LogP contribution is 2.20. The largest absolute Gasteiger partial charge is 0.353 e. The summed E-state index contributed by atoms with van der Waals surface area (Å²) in [6.07, 6.45) is 1.65. The Kier molecular flexibility index (Phi) is 4.69. The average molecular weight is 273 g/mol. The van der Waals surface area contributed by atoms with Gasteiger partial charge in [0, 0.05) is 31.9 Å². The third-order valence-electron chi connectivity index (χ3n) is 3.18. The predicted octanol–water partition coefficient (Wildman–Crippen LogP) is 2.88. The van der Waals surface area contributed by atoms with Gasteiger partial charge in [-0.3, -0.25) is 0 Å². The van der Waals surface area contributed by atoms with Crippen LogP contribution in [0.4, 0.5) is 10.2 Å². The van der Waals surface area contributed by atoms with Crippen molar-refractivity contribution in [1.82, 2.24) is 10.3 Å². The van der Waals surface area contributed by atoms with Crippen molar-refractivity contribution in [2.45, 2.75) is 20.0 Å². The van der Waals surface area contributed by atoms with Crippen molar-refractivity contribution in [2.75, 3.05) is 19.0 Å². The van der Waals surface area contributed by atoms with Crippen molar-refractivity contribution in [3.8, 4) is 0 Å². The van der Waals surface area contributed by atoms with E-state index in [9.17, 15) is 4.39 Å². The number of halogens is 1. The van der Waals surface area contributed by atoms with Crippen LogP contribution in [-0.4, -0.2) is 19.1 Å². The number of benzene rings is 1. The Hall–Kier alpha value is -1.94. The van der Waals surface area contributed by atoms with Crippen molar-refractivity contribution in [3.63, 3.8) is 0 Å². The predicted molar refractivity (Wildman–Crippen MR) is 80.2 cm³/mol. The molecule has 0 fully saturated rings. The van der Waals surface area contributed by atoms with Crippen molar-refractivity contribution < 1.29 is 4.39 Å². The molecule has 2 rings (SSSR count). The summed E-state index contributed by atoms with van der Waals surface area (Å²) in [4.78, 5) is 6.00. The maximum absolute atomic E-state index is 14.3. The van der Waals surface area contributed by atoms with Crippen LogP contribution in [0.2, 0.25) is 0 Å². The molecule has 0 amide bonds. The van der Waals surface area contributed by atoms with E-state index >= 15 is 0 Å². The Morgan fingerprint density at radius 2 is 2.10 bits per heavy atom. The maximum Gasteiger partial charge on any atom is 0.170 e. The Bertz CT molecular complexity index is 584. The monoisotopic (exact) mass is 273 g/mol. The van der Waals surface area contributed by atoms with Gasteiger partial charge in [-0.05, 0) is 25.6 Å². The maximum atomic E-state index is 14.3. The summed E-state index contributed by atoms with van der Waals surface area (Å²) in [6, 6.07) is 9.91. The molecule has 0 atom stereocenters. The van der Waals surface area contributed by atoms with Gasteiger partial charge < -0.3 is 10.2 Å². The molecule has 0 aliphatic heterocycles. The summed E-state index contributed by atoms with van der Waals surface area (Å²) < 4.78 is 14.3. The number of aryl methyl sites for hydroxylation is 1. The van der Waals surface area contributed by atoms with Crippen LogP contribution in [0.1, 0.15) is 16.7 Å². The van der Waals surface area contributed by atoms with E-state index in [4.69, 9.17) is 0 Å². The van der Waals surface area contributed by atoms with E-state index in [1.54, 1.807) is 19.3 Å². The van der Waals surface area contributed by atoms with E-state index in [1.165, 1.54) is 5.56 Å². The molecule has 0 saturated carbocycles. The Morgan fingerprint density at radius 1 is 1.30 bits per heavy atom. The second-order valence-corrected chi connectivity index (χ2v) is 4.98. The molecule has 0 aliphatic rings. The minimum atomic E-state index is -0.253. The Labute approximate surface area is 119 Å². The molecule has 0 spiro atoms. The lowest BCUT2D eigenvalue weighted by Crippen LogP contribution is -2.20. The summed E-state index contributed by atoms with van der Waals surface area (Å²) in [6.45, 7) is 3.18. The molecule has 4 heteroatoms. The first-order chi connectivity index (χ1) is 9.61. The number of nitrogens with one attached hydrogen (secondary N) is 1. The van der Waals surface area contributed by atoms with Crippen molar-refractivity contribution in [2.24, 2.45) is 0 Å². The number of rotatable bonds is 5. The molecule has 0 aliphatic carbocycles. The fraction of sp³-hybridized carbons (Fsp3) is 0.312. The van der Waals surface area contributed by atoms with E-state index in [-0.39, 0.29) is 5.82 Å². The number of nitrogens with zero attached hydrogens (tertiary/aromatic N) is 2. The van der Waals surface area contributed by atoms with Crippen LogP contribution in [-0.2, 0) is 13.1 Å². The number of hydrogen-bond acceptors (Lipinski definition) is 3. The second kappa shape index (κ2) is 6.48. The highest BCUT2D eigenvalue weighted by Gasteiger charge is 2.13. The van der Waals surface area contributed by atoms with Gasteiger partial charge in [-0.25, -0.2) is 9.37 Å². The van der Waals surface area contributed by atoms with Crippen molar-refractivity contribution in [3.05, 3.63) is 59.0 Å². The van der Waals surface area contributed by atoms with Gasteiger partial charge in [-0.1, -0.05) is 29.8 Å². The SMILES string of the molecule is CNCc1ccnc(N(C)Cc2cccc(C)c2)c1F. The smallest absolute Gasteiger partial charge is 0.170 e. The second-order valence-electron chi connectivity index (χ2n) is 4.98. The number of hydrogen-bond donors (Lipinski definition) is 1. The van der Waals surface area contributed by atoms with Crippen LogP contribution >= 0.6 is 0 Å². The lowest BCUT2D eigenvalue weighted by molar-refractivity contribution is 0.589. The van der Waals surface area contributed by atoms with Gasteiger partial charge in [0.15, 0.2) is 11.6 Å². The zero-order valence-electron chi connectivity index (χ0n) is 12.2. The van der Waals surface area contributed by atoms with Crippen LogP contribution in [0, 0.1) is 12.7 Å². The highest BCUT2D eigenvalue weighted by atomic mass is 19.1. The molecular weight excluding hydrogens is 253 g/mol. The van der Waals surface area contributed by atoms with Crippen LogP contribution in [0.15, 0.2) is 36.5 Å². The minimum Gasteiger partial charge on any atom is -0.353 e. The standard InChI is InChI=1S/C16H20FN3/c1-12-5-4-6-13(9-12)11-20(3)16-15(17)14(10-18-2)7-8-19-16/h4-9,18H,10-11H2,1-3H3. The molecule has 1 aromatic carbocycles. The summed E-state index contributed by atoms with van der Waals surface area (Å²) >= 11 is 0. The van der Waals surface area contributed by atoms with Gasteiger partial charge in [-0.2, -0.15) is 0 Å². The molecule has 0 radical (unpaired) electrons. The van der Waals surface area contributed by atoms with Crippen LogP contribution in [0.25, 0.3) is 0 Å². The third kappa shape index (κ3) is 3.33. The summed E-state index contributed by atoms with van der Waals surface area (Å²) in [5.41, 5.74) is 2.98. The normalized spacial score (nSPS) is 10.6. The number of pyridine rings is 1. The molecule has 0 saturated heterocycles. The van der Waals surface area contributed by atoms with Gasteiger partial charge in [0.05, 0.1) is 0 Å². The van der Waals surface area contributed by atoms with Gasteiger partial charge >= 0.3 is 0 Å². The number of aromatic nitrogens is 1. The lowest BCUT2D eigenvalue weighted by atomic mass is 10.1. The number of anilines is 1. The molecule has 1 N–H and O–H groups in total. The van der Waals surface area contributed by atoms with Crippen LogP contribution < -0.4 is 10.2 Å². The van der Waals surface area contributed by atoms with Crippen LogP contribution in [0.5, 0.6) is 0 Å². The van der Waals surface area contributed by atoms with Crippen LogP contribution in [0.3, 0.4) is 0 Å². The van der Waals surface area contributed by atoms with Gasteiger partial charge in [-0.15, -0.1) is 0 Å². The van der Waals surface area contributed by atoms with Gasteiger partial charge in [0.25, 0.3) is 0 Å². The van der Waals surface area contributed by atoms with Gasteiger partial charge in [0.1, 0.15) is 0 Å². The van der Waals surface area contributed by atoms with E-state index < -0.39 is 0 Å². The third-order valence-corrected chi connectivity index (χ3v) is 3.18. The van der Waals surface area contributed by atoms with E-state index in [2.05, 4.69) is 29.4 Å². The molecule has 20 heavy (non-hydrogen) atoms. The quantitative estimate of drug-likeness (QED) is 0.908. The van der Waals surface area contributed by atoms with Crippen molar-refractivity contribution in [1.29, 1.82) is 0 Å². The zero-order valence-corrected chi connectivity index (χ0v) is 12.2. The van der Waals surface area contributed by atoms with E-state index in [0.29, 0.717) is 24.5 Å². The molecular formula is C16H20FN3. The molecule has 0 unspecified atom stereocenters. The lowest BCUT2D eigenvalue weighted by Gasteiger charge is -2.20. The summed E-state index contributed by atoms with van der Waals surface area (Å²) in [5.74, 6) is 0.135. The minimum absolute atomic E-state index is 0.253. The fourth-order valence-electron chi connectivity index (χ4n) is 2.22. The molecule has 0 bridgehead atoms. The summed E-state index contributed by atoms with van der Waals surface area (Å²) in [7, 11) is 3.66. The molecule has 1 aromatic heterocycles. The Balaban J connectivity index is 2.21.